The first-order valence-electron chi connectivity index (χ1n) is 14.8. The Morgan fingerprint density at radius 1 is 1.14 bits per heavy atom. The maximum Gasteiger partial charge on any atom is 0.303 e. The van der Waals surface area contributed by atoms with E-state index in [1.54, 1.807) is 31.3 Å². The lowest BCUT2D eigenvalue weighted by Gasteiger charge is -2.41. The Bertz CT molecular complexity index is 1320. The van der Waals surface area contributed by atoms with Crippen molar-refractivity contribution in [2.24, 2.45) is 5.41 Å². The van der Waals surface area contributed by atoms with E-state index in [0.29, 0.717) is 37.5 Å². The fraction of sp³-hybridized carbons (Fsp3) is 0.531. The van der Waals surface area contributed by atoms with Gasteiger partial charge in [0.15, 0.2) is 0 Å². The third-order valence-electron chi connectivity index (χ3n) is 8.68. The number of thioether (sulfide) groups is 1. The number of ether oxygens (including phenoxy) is 2. The van der Waals surface area contributed by atoms with E-state index in [0.717, 1.165) is 72.8 Å². The van der Waals surface area contributed by atoms with E-state index in [4.69, 9.17) is 9.47 Å². The average Bonchev–Trinajstić information content (AvgIpc) is 3.01. The number of hydrogen-bond donors (Lipinski definition) is 1. The van der Waals surface area contributed by atoms with Gasteiger partial charge < -0.3 is 19.5 Å². The summed E-state index contributed by atoms with van der Waals surface area (Å²) in [6, 6.07) is 11.5. The van der Waals surface area contributed by atoms with Gasteiger partial charge >= 0.3 is 5.97 Å². The van der Waals surface area contributed by atoms with Gasteiger partial charge in [0, 0.05) is 55.3 Å². The van der Waals surface area contributed by atoms with E-state index < -0.39 is 17.6 Å². The molecule has 0 spiro atoms. The van der Waals surface area contributed by atoms with E-state index >= 15 is 4.39 Å². The number of hydrogen-bond acceptors (Lipinski definition) is 8. The zero-order chi connectivity index (χ0) is 29.4. The molecule has 0 radical (unpaired) electrons. The maximum atomic E-state index is 16.5. The molecule has 1 atom stereocenters. The van der Waals surface area contributed by atoms with Crippen LogP contribution in [0.4, 0.5) is 4.39 Å². The number of rotatable bonds is 13. The zero-order valence-corrected chi connectivity index (χ0v) is 25.2. The number of pyridine rings is 2. The van der Waals surface area contributed by atoms with Crippen LogP contribution in [0.5, 0.6) is 5.75 Å². The van der Waals surface area contributed by atoms with E-state index in [1.165, 1.54) is 0 Å². The number of carboxylic acids is 1. The lowest BCUT2D eigenvalue weighted by molar-refractivity contribution is -0.141. The van der Waals surface area contributed by atoms with E-state index in [2.05, 4.69) is 19.8 Å². The van der Waals surface area contributed by atoms with Crippen molar-refractivity contribution in [3.63, 3.8) is 0 Å². The second-order valence-electron chi connectivity index (χ2n) is 11.4. The van der Waals surface area contributed by atoms with E-state index in [9.17, 15) is 9.90 Å². The molecule has 2 saturated heterocycles. The molecular weight excluding hydrogens is 555 g/mol. The largest absolute Gasteiger partial charge is 0.497 e. The van der Waals surface area contributed by atoms with Crippen LogP contribution in [-0.2, 0) is 16.1 Å². The molecule has 2 aliphatic heterocycles. The number of benzene rings is 1. The van der Waals surface area contributed by atoms with Crippen LogP contribution < -0.4 is 4.74 Å². The minimum absolute atomic E-state index is 0.0712. The number of carboxylic acid groups (broad SMARTS) is 1. The van der Waals surface area contributed by atoms with Crippen LogP contribution in [0.3, 0.4) is 0 Å². The molecule has 42 heavy (non-hydrogen) atoms. The summed E-state index contributed by atoms with van der Waals surface area (Å²) in [7, 11) is 1.61. The van der Waals surface area contributed by atoms with Gasteiger partial charge in [0.05, 0.1) is 37.3 Å². The van der Waals surface area contributed by atoms with Gasteiger partial charge in [-0.2, -0.15) is 0 Å². The molecule has 8 nitrogen and oxygen atoms in total. The molecule has 1 N–H and O–H groups in total. The third kappa shape index (κ3) is 7.98. The van der Waals surface area contributed by atoms with Crippen LogP contribution in [0, 0.1) is 5.41 Å². The normalized spacial score (nSPS) is 18.6. The predicted molar refractivity (Wildman–Crippen MR) is 163 cm³/mol. The number of piperidine rings is 1. The molecule has 0 saturated carbocycles. The van der Waals surface area contributed by atoms with Crippen LogP contribution in [0.2, 0.25) is 0 Å². The molecule has 1 aromatic carbocycles. The van der Waals surface area contributed by atoms with Crippen LogP contribution in [0.1, 0.15) is 49.4 Å². The van der Waals surface area contributed by atoms with Crippen LogP contribution in [0.15, 0.2) is 53.8 Å². The van der Waals surface area contributed by atoms with Crippen molar-refractivity contribution >= 4 is 28.6 Å². The van der Waals surface area contributed by atoms with Gasteiger partial charge in [-0.1, -0.05) is 6.07 Å². The molecular formula is C32H41FN4O4S. The molecule has 4 heterocycles. The number of aromatic nitrogens is 2. The number of carbonyl (C=O) groups is 1. The molecule has 3 aromatic rings. The number of morpholine rings is 1. The highest BCUT2D eigenvalue weighted by molar-refractivity contribution is 7.99. The topological polar surface area (TPSA) is 88.0 Å². The molecule has 2 fully saturated rings. The quantitative estimate of drug-likeness (QED) is 0.253. The Kier molecular flexibility index (Phi) is 10.7. The van der Waals surface area contributed by atoms with Gasteiger partial charge in [0.2, 0.25) is 0 Å². The first kappa shape index (κ1) is 30.7. The Morgan fingerprint density at radius 3 is 2.67 bits per heavy atom. The Labute approximate surface area is 251 Å². The maximum absolute atomic E-state index is 16.5. The Balaban J connectivity index is 1.28. The number of methoxy groups -OCH3 is 1. The van der Waals surface area contributed by atoms with Crippen molar-refractivity contribution in [1.82, 2.24) is 19.8 Å². The zero-order valence-electron chi connectivity index (χ0n) is 24.3. The molecule has 0 bridgehead atoms. The molecule has 2 aliphatic rings. The van der Waals surface area contributed by atoms with E-state index in [-0.39, 0.29) is 12.8 Å². The smallest absolute Gasteiger partial charge is 0.303 e. The van der Waals surface area contributed by atoms with Gasteiger partial charge in [-0.05, 0) is 80.1 Å². The number of aliphatic carboxylic acids is 1. The Hall–Kier alpha value is -2.79. The SMILES string of the molecule is COc1ccc2ncc(CN3CCOCC3)c([C@H](F)CCC3(CC(=O)O)CCN(CCSc4ccccn4)CC3)c2c1. The summed E-state index contributed by atoms with van der Waals surface area (Å²) in [5.74, 6) is 0.786. The van der Waals surface area contributed by atoms with Crippen molar-refractivity contribution in [2.45, 2.75) is 49.8 Å². The minimum Gasteiger partial charge on any atom is -0.497 e. The average molecular weight is 597 g/mol. The summed E-state index contributed by atoms with van der Waals surface area (Å²) in [5.41, 5.74) is 1.85. The highest BCUT2D eigenvalue weighted by atomic mass is 32.2. The van der Waals surface area contributed by atoms with E-state index in [1.807, 2.05) is 36.4 Å². The van der Waals surface area contributed by atoms with Gasteiger partial charge in [-0.25, -0.2) is 9.37 Å². The van der Waals surface area contributed by atoms with Gasteiger partial charge in [-0.15, -0.1) is 11.8 Å². The standard InChI is InChI=1S/C32H41FN4O4S/c1-40-25-5-6-28-26(20-25)31(24(22-35-28)23-37-14-17-41-18-15-37)27(33)7-8-32(21-30(38)39)9-12-36(13-10-32)16-19-42-29-4-2-3-11-34-29/h2-6,11,20,22,27H,7-10,12-19,21,23H2,1H3,(H,38,39)/t27-/m1/s1. The first-order valence-corrected chi connectivity index (χ1v) is 15.8. The molecule has 5 rings (SSSR count). The molecule has 0 aliphatic carbocycles. The van der Waals surface area contributed by atoms with Crippen molar-refractivity contribution in [1.29, 1.82) is 0 Å². The summed E-state index contributed by atoms with van der Waals surface area (Å²) in [6.07, 6.45) is 4.76. The number of fused-ring (bicyclic) bond motifs is 1. The highest BCUT2D eigenvalue weighted by Crippen LogP contribution is 2.43. The fourth-order valence-electron chi connectivity index (χ4n) is 6.23. The molecule has 10 heteroatoms. The van der Waals surface area contributed by atoms with Crippen molar-refractivity contribution in [3.8, 4) is 5.75 Å². The van der Waals surface area contributed by atoms with Crippen LogP contribution in [-0.4, -0.2) is 89.6 Å². The monoisotopic (exact) mass is 596 g/mol. The number of likely N-dealkylation sites (tertiary alicyclic amines) is 1. The highest BCUT2D eigenvalue weighted by Gasteiger charge is 2.37. The van der Waals surface area contributed by atoms with Gasteiger partial charge in [0.25, 0.3) is 0 Å². The third-order valence-corrected chi connectivity index (χ3v) is 9.60. The summed E-state index contributed by atoms with van der Waals surface area (Å²) < 4.78 is 27.5. The van der Waals surface area contributed by atoms with Crippen molar-refractivity contribution in [2.75, 3.05) is 58.8 Å². The second-order valence-corrected chi connectivity index (χ2v) is 12.5. The van der Waals surface area contributed by atoms with Gasteiger partial charge in [0.1, 0.15) is 11.9 Å². The lowest BCUT2D eigenvalue weighted by Crippen LogP contribution is -2.42. The summed E-state index contributed by atoms with van der Waals surface area (Å²) >= 11 is 1.73. The predicted octanol–water partition coefficient (Wildman–Crippen LogP) is 5.61. The molecule has 226 valence electrons. The summed E-state index contributed by atoms with van der Waals surface area (Å²) in [5, 5.41) is 11.6. The molecule has 2 aromatic heterocycles. The van der Waals surface area contributed by atoms with Crippen LogP contribution in [0.25, 0.3) is 10.9 Å². The number of nitrogens with zero attached hydrogens (tertiary/aromatic N) is 4. The van der Waals surface area contributed by atoms with Crippen molar-refractivity contribution in [3.05, 3.63) is 59.9 Å². The van der Waals surface area contributed by atoms with Crippen molar-refractivity contribution < 1.29 is 23.8 Å². The Morgan fingerprint density at radius 2 is 1.95 bits per heavy atom. The van der Waals surface area contributed by atoms with Crippen LogP contribution >= 0.6 is 11.8 Å². The summed E-state index contributed by atoms with van der Waals surface area (Å²) in [6.45, 7) is 6.10. The molecule has 0 amide bonds. The lowest BCUT2D eigenvalue weighted by atomic mass is 9.71. The number of halogens is 1. The second kappa shape index (κ2) is 14.6. The molecule has 0 unspecified atom stereocenters. The summed E-state index contributed by atoms with van der Waals surface area (Å²) in [4.78, 5) is 25.7. The first-order chi connectivity index (χ1) is 20.4. The van der Waals surface area contributed by atoms with Gasteiger partial charge in [-0.3, -0.25) is 14.7 Å². The number of alkyl halides is 1. The minimum atomic E-state index is -1.24. The fourth-order valence-corrected chi connectivity index (χ4v) is 7.10.